The van der Waals surface area contributed by atoms with Crippen molar-refractivity contribution in [1.82, 2.24) is 9.88 Å². The van der Waals surface area contributed by atoms with Crippen molar-refractivity contribution >= 4 is 33.2 Å². The third-order valence-electron chi connectivity index (χ3n) is 3.14. The number of aromatic nitrogens is 1. The first-order chi connectivity index (χ1) is 10.0. The lowest BCUT2D eigenvalue weighted by molar-refractivity contribution is 0.403. The Morgan fingerprint density at radius 1 is 1.19 bits per heavy atom. The maximum Gasteiger partial charge on any atom is 0.128 e. The molecule has 1 heterocycles. The number of nitrogens with zero attached hydrogens (tertiary/aromatic N) is 2. The molecule has 21 heavy (non-hydrogen) atoms. The van der Waals surface area contributed by atoms with Crippen molar-refractivity contribution in [2.45, 2.75) is 6.54 Å². The predicted molar refractivity (Wildman–Crippen MR) is 89.1 cm³/mol. The van der Waals surface area contributed by atoms with E-state index in [9.17, 15) is 5.11 Å². The highest BCUT2D eigenvalue weighted by molar-refractivity contribution is 7.21. The van der Waals surface area contributed by atoms with Gasteiger partial charge < -0.3 is 10.0 Å². The van der Waals surface area contributed by atoms with Gasteiger partial charge >= 0.3 is 0 Å². The van der Waals surface area contributed by atoms with Gasteiger partial charge in [-0.05, 0) is 50.0 Å². The molecule has 1 N–H and O–H groups in total. The molecule has 0 fully saturated rings. The summed E-state index contributed by atoms with van der Waals surface area (Å²) in [7, 11) is 4.10. The molecule has 3 rings (SSSR count). The second kappa shape index (κ2) is 5.64. The molecule has 0 saturated heterocycles. The average Bonchev–Trinajstić information content (AvgIpc) is 2.80. The smallest absolute Gasteiger partial charge is 0.128 e. The van der Waals surface area contributed by atoms with Crippen molar-refractivity contribution in [3.8, 4) is 16.3 Å². The van der Waals surface area contributed by atoms with Gasteiger partial charge in [-0.3, -0.25) is 0 Å². The van der Waals surface area contributed by atoms with Gasteiger partial charge in [0.25, 0.3) is 0 Å². The molecule has 0 amide bonds. The minimum atomic E-state index is 0.162. The molecular weight excluding hydrogens is 304 g/mol. The number of fused-ring (bicyclic) bond motifs is 1. The summed E-state index contributed by atoms with van der Waals surface area (Å²) in [5.74, 6) is 0.162. The molecule has 0 atom stereocenters. The molecule has 1 aromatic heterocycles. The molecule has 108 valence electrons. The Hall–Kier alpha value is -1.62. The number of phenols is 1. The third-order valence-corrected chi connectivity index (χ3v) is 4.43. The first-order valence-corrected chi connectivity index (χ1v) is 7.75. The monoisotopic (exact) mass is 318 g/mol. The Labute approximate surface area is 132 Å². The quantitative estimate of drug-likeness (QED) is 0.778. The van der Waals surface area contributed by atoms with Crippen molar-refractivity contribution in [2.24, 2.45) is 0 Å². The Balaban J connectivity index is 2.04. The van der Waals surface area contributed by atoms with Crippen LogP contribution in [-0.2, 0) is 6.54 Å². The van der Waals surface area contributed by atoms with Crippen LogP contribution in [-0.4, -0.2) is 29.1 Å². The van der Waals surface area contributed by atoms with E-state index >= 15 is 0 Å². The average molecular weight is 319 g/mol. The summed E-state index contributed by atoms with van der Waals surface area (Å²) in [6.45, 7) is 0.898. The second-order valence-electron chi connectivity index (χ2n) is 5.22. The van der Waals surface area contributed by atoms with Gasteiger partial charge in [0, 0.05) is 11.6 Å². The minimum Gasteiger partial charge on any atom is -0.507 e. The van der Waals surface area contributed by atoms with Crippen LogP contribution in [0.3, 0.4) is 0 Å². The molecule has 0 aliphatic rings. The molecule has 0 radical (unpaired) electrons. The molecule has 0 aliphatic carbocycles. The predicted octanol–water partition coefficient (Wildman–Crippen LogP) is 4.38. The molecule has 0 bridgehead atoms. The van der Waals surface area contributed by atoms with Gasteiger partial charge in [-0.1, -0.05) is 17.7 Å². The summed E-state index contributed by atoms with van der Waals surface area (Å²) in [6, 6.07) is 11.4. The molecule has 0 unspecified atom stereocenters. The van der Waals surface area contributed by atoms with Crippen LogP contribution >= 0.6 is 22.9 Å². The van der Waals surface area contributed by atoms with E-state index in [1.807, 2.05) is 20.2 Å². The lowest BCUT2D eigenvalue weighted by Crippen LogP contribution is -2.10. The summed E-state index contributed by atoms with van der Waals surface area (Å²) >= 11 is 7.45. The zero-order valence-electron chi connectivity index (χ0n) is 11.8. The van der Waals surface area contributed by atoms with Crippen LogP contribution in [0.4, 0.5) is 0 Å². The third kappa shape index (κ3) is 3.02. The lowest BCUT2D eigenvalue weighted by atomic mass is 10.2. The highest BCUT2D eigenvalue weighted by Gasteiger charge is 2.11. The van der Waals surface area contributed by atoms with Crippen LogP contribution in [0.1, 0.15) is 5.56 Å². The van der Waals surface area contributed by atoms with Gasteiger partial charge in [0.1, 0.15) is 10.8 Å². The normalized spacial score (nSPS) is 11.4. The van der Waals surface area contributed by atoms with E-state index in [0.717, 1.165) is 27.3 Å². The van der Waals surface area contributed by atoms with E-state index in [4.69, 9.17) is 11.6 Å². The molecule has 3 aromatic rings. The van der Waals surface area contributed by atoms with Crippen LogP contribution in [0.2, 0.25) is 5.02 Å². The van der Waals surface area contributed by atoms with Gasteiger partial charge in [-0.25, -0.2) is 4.98 Å². The Morgan fingerprint density at radius 2 is 2.00 bits per heavy atom. The summed E-state index contributed by atoms with van der Waals surface area (Å²) in [4.78, 5) is 6.73. The SMILES string of the molecule is CN(C)Cc1ccc2nc(-c3ccc(Cl)cc3O)sc2c1. The molecule has 2 aromatic carbocycles. The zero-order chi connectivity index (χ0) is 15.0. The maximum absolute atomic E-state index is 10.0. The Bertz CT molecular complexity index is 798. The molecular formula is C16H15ClN2OS. The van der Waals surface area contributed by atoms with Crippen LogP contribution in [0, 0.1) is 0 Å². The zero-order valence-corrected chi connectivity index (χ0v) is 13.4. The number of hydrogen-bond acceptors (Lipinski definition) is 4. The first-order valence-electron chi connectivity index (χ1n) is 6.56. The number of rotatable bonds is 3. The summed E-state index contributed by atoms with van der Waals surface area (Å²) < 4.78 is 1.12. The van der Waals surface area contributed by atoms with E-state index in [2.05, 4.69) is 22.0 Å². The summed E-state index contributed by atoms with van der Waals surface area (Å²) in [5, 5.41) is 11.3. The number of phenolic OH excluding ortho intramolecular Hbond substituents is 1. The van der Waals surface area contributed by atoms with Crippen molar-refractivity contribution in [3.63, 3.8) is 0 Å². The molecule has 3 nitrogen and oxygen atoms in total. The Morgan fingerprint density at radius 3 is 2.71 bits per heavy atom. The van der Waals surface area contributed by atoms with Crippen LogP contribution in [0.15, 0.2) is 36.4 Å². The van der Waals surface area contributed by atoms with Crippen molar-refractivity contribution in [3.05, 3.63) is 47.0 Å². The van der Waals surface area contributed by atoms with Crippen LogP contribution in [0.5, 0.6) is 5.75 Å². The second-order valence-corrected chi connectivity index (χ2v) is 6.69. The van der Waals surface area contributed by atoms with Crippen LogP contribution < -0.4 is 0 Å². The number of hydrogen-bond donors (Lipinski definition) is 1. The summed E-state index contributed by atoms with van der Waals surface area (Å²) in [6.07, 6.45) is 0. The molecule has 0 spiro atoms. The van der Waals surface area contributed by atoms with Gasteiger partial charge in [-0.2, -0.15) is 0 Å². The van der Waals surface area contributed by atoms with Gasteiger partial charge in [0.05, 0.1) is 15.8 Å². The van der Waals surface area contributed by atoms with Crippen molar-refractivity contribution < 1.29 is 5.11 Å². The molecule has 0 saturated carbocycles. The van der Waals surface area contributed by atoms with Crippen LogP contribution in [0.25, 0.3) is 20.8 Å². The highest BCUT2D eigenvalue weighted by Crippen LogP contribution is 2.36. The fourth-order valence-electron chi connectivity index (χ4n) is 2.23. The van der Waals surface area contributed by atoms with Crippen molar-refractivity contribution in [1.29, 1.82) is 0 Å². The number of benzene rings is 2. The minimum absolute atomic E-state index is 0.162. The fourth-order valence-corrected chi connectivity index (χ4v) is 3.46. The lowest BCUT2D eigenvalue weighted by Gasteiger charge is -2.08. The van der Waals surface area contributed by atoms with Gasteiger partial charge in [-0.15, -0.1) is 11.3 Å². The standard InChI is InChI=1S/C16H15ClN2OS/c1-19(2)9-10-3-6-13-15(7-10)21-16(18-13)12-5-4-11(17)8-14(12)20/h3-8,20H,9H2,1-2H3. The number of thiazole rings is 1. The highest BCUT2D eigenvalue weighted by atomic mass is 35.5. The fraction of sp³-hybridized carbons (Fsp3) is 0.188. The van der Waals surface area contributed by atoms with E-state index in [0.29, 0.717) is 5.02 Å². The van der Waals surface area contributed by atoms with Crippen molar-refractivity contribution in [2.75, 3.05) is 14.1 Å². The maximum atomic E-state index is 10.0. The Kier molecular flexibility index (Phi) is 3.85. The van der Waals surface area contributed by atoms with E-state index < -0.39 is 0 Å². The van der Waals surface area contributed by atoms with E-state index in [-0.39, 0.29) is 5.75 Å². The first kappa shape index (κ1) is 14.3. The van der Waals surface area contributed by atoms with E-state index in [1.165, 1.54) is 5.56 Å². The molecule has 0 aliphatic heterocycles. The van der Waals surface area contributed by atoms with Gasteiger partial charge in [0.2, 0.25) is 0 Å². The topological polar surface area (TPSA) is 36.4 Å². The largest absolute Gasteiger partial charge is 0.507 e. The number of halogens is 1. The summed E-state index contributed by atoms with van der Waals surface area (Å²) in [5.41, 5.74) is 2.92. The molecule has 5 heteroatoms. The number of aromatic hydroxyl groups is 1. The van der Waals surface area contributed by atoms with E-state index in [1.54, 1.807) is 29.5 Å². The van der Waals surface area contributed by atoms with Gasteiger partial charge in [0.15, 0.2) is 0 Å².